The first-order valence-electron chi connectivity index (χ1n) is 4.28. The Morgan fingerprint density at radius 3 is 2.64 bits per heavy atom. The highest BCUT2D eigenvalue weighted by Gasteiger charge is 2.07. The number of aromatic hydroxyl groups is 1. The third-order valence-corrected chi connectivity index (χ3v) is 1.66. The zero-order chi connectivity index (χ0) is 10.6. The van der Waals surface area contributed by atoms with Crippen molar-refractivity contribution in [1.29, 1.82) is 0 Å². The molecule has 0 aliphatic heterocycles. The number of phenols is 1. The van der Waals surface area contributed by atoms with E-state index in [4.69, 9.17) is 9.47 Å². The van der Waals surface area contributed by atoms with Gasteiger partial charge < -0.3 is 14.6 Å². The maximum atomic E-state index is 9.62. The third-order valence-electron chi connectivity index (χ3n) is 1.66. The van der Waals surface area contributed by atoms with E-state index in [2.05, 4.69) is 6.58 Å². The Hall–Kier alpha value is -1.64. The summed E-state index contributed by atoms with van der Waals surface area (Å²) in [4.78, 5) is 0. The summed E-state index contributed by atoms with van der Waals surface area (Å²) in [6.45, 7) is 5.95. The Labute approximate surface area is 83.6 Å². The molecule has 1 aromatic rings. The van der Waals surface area contributed by atoms with Crippen LogP contribution in [0.4, 0.5) is 0 Å². The van der Waals surface area contributed by atoms with Gasteiger partial charge in [-0.2, -0.15) is 0 Å². The Morgan fingerprint density at radius 2 is 2.07 bits per heavy atom. The standard InChI is InChI=1S/C11H14O3/c1-8(2)7-14-10-6-4-5-9(13-3)11(10)12/h4-6,12H,1,7H2,2-3H3. The van der Waals surface area contributed by atoms with Crippen LogP contribution in [0.5, 0.6) is 17.2 Å². The fourth-order valence-corrected chi connectivity index (χ4v) is 0.984. The maximum Gasteiger partial charge on any atom is 0.200 e. The lowest BCUT2D eigenvalue weighted by molar-refractivity contribution is 0.313. The van der Waals surface area contributed by atoms with Crippen LogP contribution in [0.1, 0.15) is 6.92 Å². The van der Waals surface area contributed by atoms with E-state index in [0.29, 0.717) is 18.1 Å². The minimum Gasteiger partial charge on any atom is -0.502 e. The van der Waals surface area contributed by atoms with E-state index >= 15 is 0 Å². The van der Waals surface area contributed by atoms with E-state index in [-0.39, 0.29) is 5.75 Å². The van der Waals surface area contributed by atoms with E-state index in [1.165, 1.54) is 7.11 Å². The summed E-state index contributed by atoms with van der Waals surface area (Å²) in [7, 11) is 1.50. The molecule has 0 spiro atoms. The number of para-hydroxylation sites is 1. The lowest BCUT2D eigenvalue weighted by Crippen LogP contribution is -1.98. The average Bonchev–Trinajstić information content (AvgIpc) is 2.16. The monoisotopic (exact) mass is 194 g/mol. The molecular weight excluding hydrogens is 180 g/mol. The van der Waals surface area contributed by atoms with Crippen molar-refractivity contribution in [1.82, 2.24) is 0 Å². The lowest BCUT2D eigenvalue weighted by atomic mass is 10.3. The number of rotatable bonds is 4. The van der Waals surface area contributed by atoms with Crippen molar-refractivity contribution in [3.05, 3.63) is 30.4 Å². The lowest BCUT2D eigenvalue weighted by Gasteiger charge is -2.09. The van der Waals surface area contributed by atoms with Crippen LogP contribution >= 0.6 is 0 Å². The molecule has 1 rings (SSSR count). The zero-order valence-corrected chi connectivity index (χ0v) is 8.41. The minimum atomic E-state index is 0.0243. The zero-order valence-electron chi connectivity index (χ0n) is 8.41. The smallest absolute Gasteiger partial charge is 0.200 e. The molecule has 0 saturated heterocycles. The molecule has 0 aliphatic carbocycles. The molecule has 0 aromatic heterocycles. The Morgan fingerprint density at radius 1 is 1.43 bits per heavy atom. The van der Waals surface area contributed by atoms with E-state index in [1.807, 2.05) is 6.92 Å². The molecular formula is C11H14O3. The molecule has 1 N–H and O–H groups in total. The topological polar surface area (TPSA) is 38.7 Å². The molecule has 0 radical (unpaired) electrons. The van der Waals surface area contributed by atoms with Crippen LogP contribution in [0.2, 0.25) is 0 Å². The van der Waals surface area contributed by atoms with Crippen LogP contribution in [0.15, 0.2) is 30.4 Å². The van der Waals surface area contributed by atoms with Gasteiger partial charge in [-0.3, -0.25) is 0 Å². The summed E-state index contributed by atoms with van der Waals surface area (Å²) >= 11 is 0. The van der Waals surface area contributed by atoms with Crippen molar-refractivity contribution in [2.75, 3.05) is 13.7 Å². The molecule has 3 heteroatoms. The predicted molar refractivity (Wildman–Crippen MR) is 55.0 cm³/mol. The van der Waals surface area contributed by atoms with Crippen molar-refractivity contribution in [3.63, 3.8) is 0 Å². The van der Waals surface area contributed by atoms with Gasteiger partial charge >= 0.3 is 0 Å². The van der Waals surface area contributed by atoms with Crippen molar-refractivity contribution in [3.8, 4) is 17.2 Å². The number of ether oxygens (including phenoxy) is 2. The van der Waals surface area contributed by atoms with Crippen LogP contribution < -0.4 is 9.47 Å². The molecule has 0 atom stereocenters. The second-order valence-corrected chi connectivity index (χ2v) is 3.05. The van der Waals surface area contributed by atoms with Crippen molar-refractivity contribution >= 4 is 0 Å². The predicted octanol–water partition coefficient (Wildman–Crippen LogP) is 2.36. The molecule has 0 aliphatic rings. The molecule has 76 valence electrons. The molecule has 1 aromatic carbocycles. The fraction of sp³-hybridized carbons (Fsp3) is 0.273. The molecule has 14 heavy (non-hydrogen) atoms. The summed E-state index contributed by atoms with van der Waals surface area (Å²) in [5.74, 6) is 0.841. The van der Waals surface area contributed by atoms with Gasteiger partial charge in [0.15, 0.2) is 11.5 Å². The van der Waals surface area contributed by atoms with E-state index in [9.17, 15) is 5.11 Å². The van der Waals surface area contributed by atoms with Gasteiger partial charge in [0.1, 0.15) is 6.61 Å². The largest absolute Gasteiger partial charge is 0.502 e. The molecule has 0 unspecified atom stereocenters. The van der Waals surface area contributed by atoms with Gasteiger partial charge in [0, 0.05) is 0 Å². The van der Waals surface area contributed by atoms with Gasteiger partial charge in [0.25, 0.3) is 0 Å². The Balaban J connectivity index is 2.81. The van der Waals surface area contributed by atoms with E-state index < -0.39 is 0 Å². The van der Waals surface area contributed by atoms with Crippen LogP contribution in [0.25, 0.3) is 0 Å². The molecule has 0 bridgehead atoms. The van der Waals surface area contributed by atoms with Crippen LogP contribution in [-0.4, -0.2) is 18.8 Å². The Kier molecular flexibility index (Phi) is 3.40. The van der Waals surface area contributed by atoms with Gasteiger partial charge in [0.2, 0.25) is 5.75 Å². The van der Waals surface area contributed by atoms with Crippen LogP contribution in [0.3, 0.4) is 0 Å². The molecule has 3 nitrogen and oxygen atoms in total. The first kappa shape index (κ1) is 10.4. The highest BCUT2D eigenvalue weighted by atomic mass is 16.5. The minimum absolute atomic E-state index is 0.0243. The van der Waals surface area contributed by atoms with E-state index in [0.717, 1.165) is 5.57 Å². The SMILES string of the molecule is C=C(C)COc1cccc(OC)c1O. The number of methoxy groups -OCH3 is 1. The second-order valence-electron chi connectivity index (χ2n) is 3.05. The summed E-state index contributed by atoms with van der Waals surface area (Å²) in [6, 6.07) is 5.11. The first-order valence-corrected chi connectivity index (χ1v) is 4.28. The van der Waals surface area contributed by atoms with Crippen LogP contribution in [-0.2, 0) is 0 Å². The van der Waals surface area contributed by atoms with Crippen molar-refractivity contribution in [2.24, 2.45) is 0 Å². The average molecular weight is 194 g/mol. The van der Waals surface area contributed by atoms with Gasteiger partial charge in [-0.05, 0) is 24.6 Å². The number of hydrogen-bond donors (Lipinski definition) is 1. The van der Waals surface area contributed by atoms with Crippen molar-refractivity contribution < 1.29 is 14.6 Å². The highest BCUT2D eigenvalue weighted by molar-refractivity contribution is 5.49. The Bertz CT molecular complexity index is 331. The summed E-state index contributed by atoms with van der Waals surface area (Å²) in [5.41, 5.74) is 0.896. The quantitative estimate of drug-likeness (QED) is 0.748. The fourth-order valence-electron chi connectivity index (χ4n) is 0.984. The van der Waals surface area contributed by atoms with Gasteiger partial charge in [-0.25, -0.2) is 0 Å². The molecule has 0 heterocycles. The van der Waals surface area contributed by atoms with Gasteiger partial charge in [0.05, 0.1) is 7.11 Å². The van der Waals surface area contributed by atoms with E-state index in [1.54, 1.807) is 18.2 Å². The first-order chi connectivity index (χ1) is 6.65. The summed E-state index contributed by atoms with van der Waals surface area (Å²) < 4.78 is 10.3. The van der Waals surface area contributed by atoms with Gasteiger partial charge in [-0.15, -0.1) is 0 Å². The number of benzene rings is 1. The van der Waals surface area contributed by atoms with Gasteiger partial charge in [-0.1, -0.05) is 12.6 Å². The maximum absolute atomic E-state index is 9.62. The van der Waals surface area contributed by atoms with Crippen molar-refractivity contribution in [2.45, 2.75) is 6.92 Å². The molecule has 0 amide bonds. The second kappa shape index (κ2) is 4.56. The molecule has 0 saturated carbocycles. The molecule has 0 fully saturated rings. The normalized spacial score (nSPS) is 9.57. The summed E-state index contributed by atoms with van der Waals surface area (Å²) in [6.07, 6.45) is 0. The number of hydrogen-bond acceptors (Lipinski definition) is 3. The number of phenolic OH excluding ortho intramolecular Hbond substituents is 1. The highest BCUT2D eigenvalue weighted by Crippen LogP contribution is 2.35. The van der Waals surface area contributed by atoms with Crippen LogP contribution in [0, 0.1) is 0 Å². The summed E-state index contributed by atoms with van der Waals surface area (Å²) in [5, 5.41) is 9.62. The third kappa shape index (κ3) is 2.42.